The molecule has 0 aromatic heterocycles. The van der Waals surface area contributed by atoms with Crippen LogP contribution < -0.4 is 0 Å². The van der Waals surface area contributed by atoms with Crippen molar-refractivity contribution in [1.82, 2.24) is 9.80 Å². The van der Waals surface area contributed by atoms with Crippen LogP contribution in [0.5, 0.6) is 0 Å². The van der Waals surface area contributed by atoms with Gasteiger partial charge in [-0.05, 0) is 25.8 Å². The first-order valence-corrected chi connectivity index (χ1v) is 6.39. The number of carbonyl (C=O) groups is 1. The van der Waals surface area contributed by atoms with Crippen molar-refractivity contribution in [3.05, 3.63) is 0 Å². The summed E-state index contributed by atoms with van der Waals surface area (Å²) in [5, 5.41) is 8.70. The third kappa shape index (κ3) is 4.49. The highest BCUT2D eigenvalue weighted by molar-refractivity contribution is 5.76. The van der Waals surface area contributed by atoms with Gasteiger partial charge in [0.25, 0.3) is 0 Å². The Morgan fingerprint density at radius 2 is 1.88 bits per heavy atom. The number of carbonyl (C=O) groups excluding carboxylic acids is 1. The molecule has 1 aliphatic rings. The van der Waals surface area contributed by atoms with Gasteiger partial charge in [-0.2, -0.15) is 0 Å². The molecule has 1 rings (SSSR count). The zero-order valence-electron chi connectivity index (χ0n) is 10.3. The quantitative estimate of drug-likeness (QED) is 0.681. The molecule has 1 N–H and O–H groups in total. The lowest BCUT2D eigenvalue weighted by atomic mass is 10.2. The molecule has 0 saturated carbocycles. The van der Waals surface area contributed by atoms with E-state index in [0.29, 0.717) is 12.3 Å². The highest BCUT2D eigenvalue weighted by Crippen LogP contribution is 2.06. The van der Waals surface area contributed by atoms with Crippen LogP contribution in [-0.4, -0.2) is 60.1 Å². The first kappa shape index (κ1) is 13.5. The maximum atomic E-state index is 11.6. The number of aliphatic hydroxyl groups is 1. The third-order valence-corrected chi connectivity index (χ3v) is 3.07. The van der Waals surface area contributed by atoms with E-state index < -0.39 is 0 Å². The molecular formula is C12H24N2O2. The summed E-state index contributed by atoms with van der Waals surface area (Å²) < 4.78 is 0. The fourth-order valence-corrected chi connectivity index (χ4v) is 2.04. The molecule has 4 heteroatoms. The molecule has 1 heterocycles. The van der Waals surface area contributed by atoms with E-state index in [2.05, 4.69) is 4.90 Å². The number of amides is 1. The summed E-state index contributed by atoms with van der Waals surface area (Å²) in [5.41, 5.74) is 0. The van der Waals surface area contributed by atoms with E-state index in [0.717, 1.165) is 52.0 Å². The first-order chi connectivity index (χ1) is 7.77. The summed E-state index contributed by atoms with van der Waals surface area (Å²) in [6.45, 7) is 7.10. The monoisotopic (exact) mass is 228 g/mol. The van der Waals surface area contributed by atoms with Crippen molar-refractivity contribution in [2.24, 2.45) is 0 Å². The first-order valence-electron chi connectivity index (χ1n) is 6.39. The summed E-state index contributed by atoms with van der Waals surface area (Å²) >= 11 is 0. The molecule has 0 atom stereocenters. The molecule has 0 aromatic rings. The second kappa shape index (κ2) is 7.63. The molecule has 1 amide bonds. The number of rotatable bonds is 6. The van der Waals surface area contributed by atoms with Crippen LogP contribution in [0.3, 0.4) is 0 Å². The smallest absolute Gasteiger partial charge is 0.222 e. The Kier molecular flexibility index (Phi) is 6.42. The fraction of sp³-hybridized carbons (Fsp3) is 0.917. The minimum Gasteiger partial charge on any atom is -0.396 e. The van der Waals surface area contributed by atoms with Crippen molar-refractivity contribution in [3.63, 3.8) is 0 Å². The van der Waals surface area contributed by atoms with Gasteiger partial charge in [0.15, 0.2) is 0 Å². The van der Waals surface area contributed by atoms with Crippen LogP contribution in [0.2, 0.25) is 0 Å². The molecule has 0 spiro atoms. The number of unbranched alkanes of at least 4 members (excludes halogenated alkanes) is 1. The van der Waals surface area contributed by atoms with Crippen molar-refractivity contribution in [3.8, 4) is 0 Å². The Morgan fingerprint density at radius 1 is 1.19 bits per heavy atom. The van der Waals surface area contributed by atoms with E-state index in [1.807, 2.05) is 11.8 Å². The zero-order valence-corrected chi connectivity index (χ0v) is 10.3. The van der Waals surface area contributed by atoms with Gasteiger partial charge in [0, 0.05) is 39.2 Å². The molecule has 1 saturated heterocycles. The van der Waals surface area contributed by atoms with E-state index in [1.165, 1.54) is 0 Å². The van der Waals surface area contributed by atoms with Gasteiger partial charge in [0.2, 0.25) is 5.91 Å². The second-order valence-corrected chi connectivity index (χ2v) is 4.40. The number of hydrogen-bond donors (Lipinski definition) is 1. The van der Waals surface area contributed by atoms with Crippen LogP contribution in [0, 0.1) is 0 Å². The van der Waals surface area contributed by atoms with Crippen molar-refractivity contribution in [2.45, 2.75) is 32.6 Å². The lowest BCUT2D eigenvalue weighted by Crippen LogP contribution is -2.48. The highest BCUT2D eigenvalue weighted by atomic mass is 16.2. The third-order valence-electron chi connectivity index (χ3n) is 3.07. The molecule has 0 radical (unpaired) electrons. The lowest BCUT2D eigenvalue weighted by molar-refractivity contribution is -0.132. The topological polar surface area (TPSA) is 43.8 Å². The van der Waals surface area contributed by atoms with E-state index in [-0.39, 0.29) is 6.61 Å². The standard InChI is InChI=1S/C12H24N2O2/c1-2-5-12(16)14-9-7-13(8-10-14)6-3-4-11-15/h15H,2-11H2,1H3. The number of hydrogen-bond acceptors (Lipinski definition) is 3. The maximum absolute atomic E-state index is 11.6. The van der Waals surface area contributed by atoms with Crippen LogP contribution in [0.1, 0.15) is 32.6 Å². The van der Waals surface area contributed by atoms with E-state index in [4.69, 9.17) is 5.11 Å². The number of nitrogens with zero attached hydrogens (tertiary/aromatic N) is 2. The van der Waals surface area contributed by atoms with Crippen LogP contribution in [0.25, 0.3) is 0 Å². The number of aliphatic hydroxyl groups excluding tert-OH is 1. The van der Waals surface area contributed by atoms with Crippen LogP contribution >= 0.6 is 0 Å². The Labute approximate surface area is 98.2 Å². The van der Waals surface area contributed by atoms with Crippen molar-refractivity contribution in [2.75, 3.05) is 39.3 Å². The predicted octanol–water partition coefficient (Wildman–Crippen LogP) is 0.703. The molecule has 94 valence electrons. The predicted molar refractivity (Wildman–Crippen MR) is 64.2 cm³/mol. The van der Waals surface area contributed by atoms with Gasteiger partial charge >= 0.3 is 0 Å². The zero-order chi connectivity index (χ0) is 11.8. The molecule has 0 bridgehead atoms. The van der Waals surface area contributed by atoms with Crippen molar-refractivity contribution >= 4 is 5.91 Å². The minimum atomic E-state index is 0.287. The molecule has 16 heavy (non-hydrogen) atoms. The van der Waals surface area contributed by atoms with Crippen LogP contribution in [0.4, 0.5) is 0 Å². The Bertz CT molecular complexity index is 201. The molecular weight excluding hydrogens is 204 g/mol. The van der Waals surface area contributed by atoms with Gasteiger partial charge in [-0.1, -0.05) is 6.92 Å². The minimum absolute atomic E-state index is 0.287. The normalized spacial score (nSPS) is 17.8. The summed E-state index contributed by atoms with van der Waals surface area (Å²) in [7, 11) is 0. The summed E-state index contributed by atoms with van der Waals surface area (Å²) in [6, 6.07) is 0. The summed E-state index contributed by atoms with van der Waals surface area (Å²) in [6.07, 6.45) is 3.56. The van der Waals surface area contributed by atoms with Gasteiger partial charge in [0.1, 0.15) is 0 Å². The fourth-order valence-electron chi connectivity index (χ4n) is 2.04. The second-order valence-electron chi connectivity index (χ2n) is 4.40. The Balaban J connectivity index is 2.15. The number of piperazine rings is 1. The van der Waals surface area contributed by atoms with Crippen LogP contribution in [-0.2, 0) is 4.79 Å². The van der Waals surface area contributed by atoms with E-state index in [9.17, 15) is 4.79 Å². The van der Waals surface area contributed by atoms with Gasteiger partial charge in [-0.25, -0.2) is 0 Å². The Hall–Kier alpha value is -0.610. The highest BCUT2D eigenvalue weighted by Gasteiger charge is 2.19. The lowest BCUT2D eigenvalue weighted by Gasteiger charge is -2.34. The summed E-state index contributed by atoms with van der Waals surface area (Å²) in [4.78, 5) is 16.0. The molecule has 0 aliphatic carbocycles. The van der Waals surface area contributed by atoms with Gasteiger partial charge < -0.3 is 10.0 Å². The molecule has 0 unspecified atom stereocenters. The van der Waals surface area contributed by atoms with Crippen LogP contribution in [0.15, 0.2) is 0 Å². The summed E-state index contributed by atoms with van der Waals surface area (Å²) in [5.74, 6) is 0.303. The molecule has 1 aliphatic heterocycles. The van der Waals surface area contributed by atoms with E-state index in [1.54, 1.807) is 0 Å². The van der Waals surface area contributed by atoms with Gasteiger partial charge in [-0.3, -0.25) is 9.69 Å². The van der Waals surface area contributed by atoms with Crippen molar-refractivity contribution < 1.29 is 9.90 Å². The Morgan fingerprint density at radius 3 is 2.44 bits per heavy atom. The molecule has 0 aromatic carbocycles. The average molecular weight is 228 g/mol. The van der Waals surface area contributed by atoms with Gasteiger partial charge in [-0.15, -0.1) is 0 Å². The molecule has 4 nitrogen and oxygen atoms in total. The van der Waals surface area contributed by atoms with E-state index >= 15 is 0 Å². The largest absolute Gasteiger partial charge is 0.396 e. The van der Waals surface area contributed by atoms with Gasteiger partial charge in [0.05, 0.1) is 0 Å². The average Bonchev–Trinajstić information content (AvgIpc) is 2.30. The SMILES string of the molecule is CCCC(=O)N1CCN(CCCCO)CC1. The van der Waals surface area contributed by atoms with Crippen molar-refractivity contribution in [1.29, 1.82) is 0 Å². The maximum Gasteiger partial charge on any atom is 0.222 e. The molecule has 1 fully saturated rings.